The fourth-order valence-corrected chi connectivity index (χ4v) is 2.49. The van der Waals surface area contributed by atoms with Crippen LogP contribution in [-0.4, -0.2) is 12.2 Å². The molecule has 0 aliphatic heterocycles. The number of methoxy groups -OCH3 is 1. The Balaban J connectivity index is 2.27. The summed E-state index contributed by atoms with van der Waals surface area (Å²) in [5, 5.41) is 10.3. The van der Waals surface area contributed by atoms with Gasteiger partial charge in [0.1, 0.15) is 11.6 Å². The standard InChI is InChI=1S/C16H16BrFO2/c1-10-4-3-5-13(16(10)18)15(19)9-11-8-12(20-2)6-7-14(11)17/h3-8,15,19H,9H2,1-2H3. The average Bonchev–Trinajstić information content (AvgIpc) is 2.44. The van der Waals surface area contributed by atoms with E-state index in [2.05, 4.69) is 15.9 Å². The summed E-state index contributed by atoms with van der Waals surface area (Å²) in [6, 6.07) is 10.6. The maximum absolute atomic E-state index is 14.0. The molecular formula is C16H16BrFO2. The first-order valence-corrected chi connectivity index (χ1v) is 7.07. The molecule has 0 saturated carbocycles. The summed E-state index contributed by atoms with van der Waals surface area (Å²) >= 11 is 3.43. The highest BCUT2D eigenvalue weighted by atomic mass is 79.9. The van der Waals surface area contributed by atoms with E-state index in [9.17, 15) is 9.50 Å². The molecule has 0 saturated heterocycles. The van der Waals surface area contributed by atoms with Crippen LogP contribution in [0.4, 0.5) is 4.39 Å². The summed E-state index contributed by atoms with van der Waals surface area (Å²) in [6.07, 6.45) is -0.573. The number of hydrogen-bond donors (Lipinski definition) is 1. The first-order valence-electron chi connectivity index (χ1n) is 6.28. The molecule has 0 spiro atoms. The minimum atomic E-state index is -0.890. The SMILES string of the molecule is COc1ccc(Br)c(CC(O)c2cccc(C)c2F)c1. The molecule has 2 aromatic rings. The minimum Gasteiger partial charge on any atom is -0.497 e. The molecular weight excluding hydrogens is 323 g/mol. The predicted octanol–water partition coefficient (Wildman–Crippen LogP) is 4.18. The van der Waals surface area contributed by atoms with Crippen LogP contribution in [0.2, 0.25) is 0 Å². The molecule has 0 bridgehead atoms. The molecule has 1 N–H and O–H groups in total. The lowest BCUT2D eigenvalue weighted by Crippen LogP contribution is -2.06. The van der Waals surface area contributed by atoms with Gasteiger partial charge in [-0.2, -0.15) is 0 Å². The number of halogens is 2. The first-order chi connectivity index (χ1) is 9.52. The highest BCUT2D eigenvalue weighted by molar-refractivity contribution is 9.10. The second kappa shape index (κ2) is 6.37. The average molecular weight is 339 g/mol. The van der Waals surface area contributed by atoms with E-state index in [1.807, 2.05) is 18.2 Å². The fraction of sp³-hybridized carbons (Fsp3) is 0.250. The van der Waals surface area contributed by atoms with Crippen molar-refractivity contribution in [3.63, 3.8) is 0 Å². The molecule has 0 aliphatic rings. The fourth-order valence-electron chi connectivity index (χ4n) is 2.08. The zero-order valence-electron chi connectivity index (χ0n) is 11.4. The van der Waals surface area contributed by atoms with Crippen LogP contribution in [0.25, 0.3) is 0 Å². The van der Waals surface area contributed by atoms with Crippen LogP contribution < -0.4 is 4.74 Å². The number of ether oxygens (including phenoxy) is 1. The minimum absolute atomic E-state index is 0.318. The van der Waals surface area contributed by atoms with E-state index in [-0.39, 0.29) is 5.82 Å². The molecule has 2 nitrogen and oxygen atoms in total. The number of rotatable bonds is 4. The summed E-state index contributed by atoms with van der Waals surface area (Å²) in [5.41, 5.74) is 1.73. The van der Waals surface area contributed by atoms with E-state index in [0.29, 0.717) is 23.3 Å². The van der Waals surface area contributed by atoms with Crippen LogP contribution in [0.5, 0.6) is 5.75 Å². The van der Waals surface area contributed by atoms with E-state index in [0.717, 1.165) is 10.0 Å². The van der Waals surface area contributed by atoms with Crippen molar-refractivity contribution in [3.05, 3.63) is 63.4 Å². The molecule has 2 rings (SSSR count). The van der Waals surface area contributed by atoms with Crippen molar-refractivity contribution in [2.75, 3.05) is 7.11 Å². The number of aliphatic hydroxyl groups is 1. The molecule has 106 valence electrons. The second-order valence-electron chi connectivity index (χ2n) is 4.66. The summed E-state index contributed by atoms with van der Waals surface area (Å²) < 4.78 is 20.0. The van der Waals surface area contributed by atoms with Crippen molar-refractivity contribution in [1.82, 2.24) is 0 Å². The molecule has 0 amide bonds. The quantitative estimate of drug-likeness (QED) is 0.905. The van der Waals surface area contributed by atoms with Crippen molar-refractivity contribution in [2.45, 2.75) is 19.4 Å². The lowest BCUT2D eigenvalue weighted by Gasteiger charge is -2.15. The van der Waals surface area contributed by atoms with Gasteiger partial charge < -0.3 is 9.84 Å². The van der Waals surface area contributed by atoms with Crippen LogP contribution in [-0.2, 0) is 6.42 Å². The smallest absolute Gasteiger partial charge is 0.131 e. The van der Waals surface area contributed by atoms with Gasteiger partial charge in [-0.25, -0.2) is 4.39 Å². The molecule has 0 radical (unpaired) electrons. The second-order valence-corrected chi connectivity index (χ2v) is 5.51. The molecule has 0 aromatic heterocycles. The van der Waals surface area contributed by atoms with Gasteiger partial charge in [0, 0.05) is 16.5 Å². The maximum atomic E-state index is 14.0. The van der Waals surface area contributed by atoms with Crippen molar-refractivity contribution < 1.29 is 14.2 Å². The number of aryl methyl sites for hydroxylation is 1. The van der Waals surface area contributed by atoms with Crippen LogP contribution in [0.3, 0.4) is 0 Å². The van der Waals surface area contributed by atoms with Crippen molar-refractivity contribution in [2.24, 2.45) is 0 Å². The normalized spacial score (nSPS) is 12.2. The van der Waals surface area contributed by atoms with E-state index in [4.69, 9.17) is 4.74 Å². The van der Waals surface area contributed by atoms with Gasteiger partial charge in [-0.05, 0) is 36.2 Å². The Labute approximate surface area is 126 Å². The van der Waals surface area contributed by atoms with Crippen LogP contribution in [0.15, 0.2) is 40.9 Å². The highest BCUT2D eigenvalue weighted by Gasteiger charge is 2.16. The topological polar surface area (TPSA) is 29.5 Å². The largest absolute Gasteiger partial charge is 0.497 e. The lowest BCUT2D eigenvalue weighted by atomic mass is 9.99. The predicted molar refractivity (Wildman–Crippen MR) is 80.5 cm³/mol. The van der Waals surface area contributed by atoms with Gasteiger partial charge in [0.15, 0.2) is 0 Å². The number of hydrogen-bond acceptors (Lipinski definition) is 2. The third-order valence-corrected chi connectivity index (χ3v) is 4.02. The maximum Gasteiger partial charge on any atom is 0.131 e. The summed E-state index contributed by atoms with van der Waals surface area (Å²) in [4.78, 5) is 0. The van der Waals surface area contributed by atoms with Gasteiger partial charge in [0.25, 0.3) is 0 Å². The van der Waals surface area contributed by atoms with E-state index >= 15 is 0 Å². The van der Waals surface area contributed by atoms with Crippen LogP contribution in [0.1, 0.15) is 22.8 Å². The van der Waals surface area contributed by atoms with Gasteiger partial charge in [0.2, 0.25) is 0 Å². The Bertz CT molecular complexity index is 613. The highest BCUT2D eigenvalue weighted by Crippen LogP contribution is 2.28. The van der Waals surface area contributed by atoms with Crippen LogP contribution >= 0.6 is 15.9 Å². The number of aliphatic hydroxyl groups excluding tert-OH is 1. The van der Waals surface area contributed by atoms with Crippen molar-refractivity contribution >= 4 is 15.9 Å². The Kier molecular flexibility index (Phi) is 4.78. The Morgan fingerprint density at radius 2 is 2.05 bits per heavy atom. The van der Waals surface area contributed by atoms with Gasteiger partial charge in [-0.3, -0.25) is 0 Å². The summed E-state index contributed by atoms with van der Waals surface area (Å²) in [7, 11) is 1.59. The van der Waals surface area contributed by atoms with Gasteiger partial charge >= 0.3 is 0 Å². The summed E-state index contributed by atoms with van der Waals surface area (Å²) in [6.45, 7) is 1.69. The van der Waals surface area contributed by atoms with Crippen molar-refractivity contribution in [1.29, 1.82) is 0 Å². The van der Waals surface area contributed by atoms with Gasteiger partial charge in [0.05, 0.1) is 13.2 Å². The molecule has 20 heavy (non-hydrogen) atoms. The Hall–Kier alpha value is -1.39. The molecule has 0 fully saturated rings. The molecule has 4 heteroatoms. The first kappa shape index (κ1) is 15.0. The van der Waals surface area contributed by atoms with Gasteiger partial charge in [-0.15, -0.1) is 0 Å². The lowest BCUT2D eigenvalue weighted by molar-refractivity contribution is 0.173. The van der Waals surface area contributed by atoms with E-state index in [1.165, 1.54) is 0 Å². The molecule has 2 aromatic carbocycles. The zero-order valence-corrected chi connectivity index (χ0v) is 12.9. The Morgan fingerprint density at radius 3 is 2.75 bits per heavy atom. The number of benzene rings is 2. The third kappa shape index (κ3) is 3.19. The summed E-state index contributed by atoms with van der Waals surface area (Å²) in [5.74, 6) is 0.360. The molecule has 0 heterocycles. The Morgan fingerprint density at radius 1 is 1.30 bits per heavy atom. The molecule has 0 aliphatic carbocycles. The third-order valence-electron chi connectivity index (χ3n) is 3.25. The van der Waals surface area contributed by atoms with Crippen LogP contribution in [0, 0.1) is 12.7 Å². The molecule has 1 atom stereocenters. The van der Waals surface area contributed by atoms with Gasteiger partial charge in [-0.1, -0.05) is 34.1 Å². The monoisotopic (exact) mass is 338 g/mol. The van der Waals surface area contributed by atoms with Crippen molar-refractivity contribution in [3.8, 4) is 5.75 Å². The zero-order chi connectivity index (χ0) is 14.7. The van der Waals surface area contributed by atoms with E-state index < -0.39 is 6.10 Å². The molecule has 1 unspecified atom stereocenters. The van der Waals surface area contributed by atoms with E-state index in [1.54, 1.807) is 32.2 Å².